The van der Waals surface area contributed by atoms with Gasteiger partial charge in [-0.3, -0.25) is 24.2 Å². The lowest BCUT2D eigenvalue weighted by Gasteiger charge is -2.36. The number of ether oxygens (including phenoxy) is 1. The van der Waals surface area contributed by atoms with Crippen LogP contribution in [0.5, 0.6) is 5.75 Å². The summed E-state index contributed by atoms with van der Waals surface area (Å²) in [5.74, 6) is 0.331. The van der Waals surface area contributed by atoms with Crippen LogP contribution in [0, 0.1) is 0 Å². The summed E-state index contributed by atoms with van der Waals surface area (Å²) in [4.78, 5) is 43.7. The van der Waals surface area contributed by atoms with E-state index in [1.807, 2.05) is 12.1 Å². The van der Waals surface area contributed by atoms with Crippen molar-refractivity contribution in [3.63, 3.8) is 0 Å². The molecule has 0 radical (unpaired) electrons. The Morgan fingerprint density at radius 1 is 0.944 bits per heavy atom. The van der Waals surface area contributed by atoms with E-state index in [1.54, 1.807) is 11.0 Å². The van der Waals surface area contributed by atoms with E-state index in [4.69, 9.17) is 4.74 Å². The third kappa shape index (κ3) is 5.22. The summed E-state index contributed by atoms with van der Waals surface area (Å²) in [5.41, 5.74) is 3.78. The summed E-state index contributed by atoms with van der Waals surface area (Å²) in [6.07, 6.45) is 0.690. The minimum Gasteiger partial charge on any atom is -0.489 e. The maximum Gasteiger partial charge on any atom is 0.255 e. The molecule has 0 aromatic heterocycles. The van der Waals surface area contributed by atoms with Gasteiger partial charge < -0.3 is 9.64 Å². The standard InChI is InChI=1S/C29H35N3O4/c1-20(2)31-14-12-30(13-15-31)17-21-6-8-22(9-7-21)19-36-28-5-3-4-24-25(28)18-32(29(24)35)26-11-10-23(33)16-27(26)34/h3-9,20,26H,10-19H2,1-2H3. The number of amides is 1. The van der Waals surface area contributed by atoms with E-state index in [2.05, 4.69) is 47.9 Å². The van der Waals surface area contributed by atoms with Gasteiger partial charge in [0.25, 0.3) is 5.91 Å². The van der Waals surface area contributed by atoms with Gasteiger partial charge in [-0.05, 0) is 43.5 Å². The molecular formula is C29H35N3O4. The molecule has 0 N–H and O–H groups in total. The van der Waals surface area contributed by atoms with Crippen molar-refractivity contribution in [2.75, 3.05) is 26.2 Å². The molecule has 3 aliphatic rings. The Morgan fingerprint density at radius 2 is 1.67 bits per heavy atom. The zero-order valence-corrected chi connectivity index (χ0v) is 21.2. The zero-order chi connectivity index (χ0) is 25.2. The van der Waals surface area contributed by atoms with Crippen LogP contribution in [-0.2, 0) is 29.3 Å². The van der Waals surface area contributed by atoms with Gasteiger partial charge in [0.05, 0.1) is 19.0 Å². The van der Waals surface area contributed by atoms with Gasteiger partial charge in [0.1, 0.15) is 18.1 Å². The topological polar surface area (TPSA) is 70.2 Å². The van der Waals surface area contributed by atoms with E-state index in [0.29, 0.717) is 43.3 Å². The monoisotopic (exact) mass is 489 g/mol. The van der Waals surface area contributed by atoms with Crippen molar-refractivity contribution in [3.05, 3.63) is 64.7 Å². The SMILES string of the molecule is CC(C)N1CCN(Cc2ccc(COc3cccc4c3CN(C3CCC(=O)CC3=O)C4=O)cc2)CC1. The van der Waals surface area contributed by atoms with Crippen molar-refractivity contribution in [3.8, 4) is 5.75 Å². The summed E-state index contributed by atoms with van der Waals surface area (Å²) in [7, 11) is 0. The molecule has 1 unspecified atom stereocenters. The Morgan fingerprint density at radius 3 is 2.36 bits per heavy atom. The number of piperazine rings is 1. The first-order valence-corrected chi connectivity index (χ1v) is 13.0. The number of Topliss-reactive ketones (excluding diaryl/α,β-unsaturated/α-hetero) is 2. The summed E-state index contributed by atoms with van der Waals surface area (Å²) in [5, 5.41) is 0. The third-order valence-electron chi connectivity index (χ3n) is 7.73. The van der Waals surface area contributed by atoms with E-state index in [9.17, 15) is 14.4 Å². The zero-order valence-electron chi connectivity index (χ0n) is 21.2. The number of carbonyl (C=O) groups is 3. The molecule has 1 saturated carbocycles. The lowest BCUT2D eigenvalue weighted by atomic mass is 9.92. The Kier molecular flexibility index (Phi) is 7.21. The molecule has 0 spiro atoms. The molecule has 190 valence electrons. The molecule has 36 heavy (non-hydrogen) atoms. The lowest BCUT2D eigenvalue weighted by molar-refractivity contribution is -0.133. The predicted octanol–water partition coefficient (Wildman–Crippen LogP) is 3.44. The number of nitrogens with zero attached hydrogens (tertiary/aromatic N) is 3. The Bertz CT molecular complexity index is 1140. The van der Waals surface area contributed by atoms with Gasteiger partial charge in [-0.25, -0.2) is 0 Å². The average molecular weight is 490 g/mol. The average Bonchev–Trinajstić information content (AvgIpc) is 3.21. The number of fused-ring (bicyclic) bond motifs is 1. The minimum atomic E-state index is -0.517. The van der Waals surface area contributed by atoms with Crippen LogP contribution in [0.4, 0.5) is 0 Å². The quantitative estimate of drug-likeness (QED) is 0.555. The van der Waals surface area contributed by atoms with E-state index in [0.717, 1.165) is 43.9 Å². The number of ketones is 2. The second-order valence-electron chi connectivity index (χ2n) is 10.5. The van der Waals surface area contributed by atoms with Crippen molar-refractivity contribution in [1.29, 1.82) is 0 Å². The van der Waals surface area contributed by atoms with Crippen LogP contribution >= 0.6 is 0 Å². The molecule has 5 rings (SSSR count). The van der Waals surface area contributed by atoms with Gasteiger partial charge in [-0.1, -0.05) is 30.3 Å². The summed E-state index contributed by atoms with van der Waals surface area (Å²) in [6.45, 7) is 10.7. The van der Waals surface area contributed by atoms with E-state index >= 15 is 0 Å². The van der Waals surface area contributed by atoms with Gasteiger partial charge in [-0.15, -0.1) is 0 Å². The molecule has 2 fully saturated rings. The first-order valence-electron chi connectivity index (χ1n) is 13.0. The molecule has 1 saturated heterocycles. The number of hydrogen-bond donors (Lipinski definition) is 0. The summed E-state index contributed by atoms with van der Waals surface area (Å²) < 4.78 is 6.15. The Labute approximate surface area is 213 Å². The van der Waals surface area contributed by atoms with Crippen LogP contribution in [0.2, 0.25) is 0 Å². The van der Waals surface area contributed by atoms with E-state index in [-0.39, 0.29) is 23.9 Å². The van der Waals surface area contributed by atoms with Gasteiger partial charge in [-0.2, -0.15) is 0 Å². The van der Waals surface area contributed by atoms with Gasteiger partial charge in [0, 0.05) is 56.3 Å². The van der Waals surface area contributed by atoms with Crippen LogP contribution < -0.4 is 4.74 Å². The normalized spacial score (nSPS) is 21.4. The highest BCUT2D eigenvalue weighted by Gasteiger charge is 2.40. The van der Waals surface area contributed by atoms with Gasteiger partial charge >= 0.3 is 0 Å². The van der Waals surface area contributed by atoms with Crippen molar-refractivity contribution < 1.29 is 19.1 Å². The molecule has 1 atom stereocenters. The minimum absolute atomic E-state index is 0.0378. The maximum absolute atomic E-state index is 13.0. The van der Waals surface area contributed by atoms with Crippen LogP contribution in [0.25, 0.3) is 0 Å². The molecule has 1 aliphatic carbocycles. The van der Waals surface area contributed by atoms with Crippen molar-refractivity contribution in [2.24, 2.45) is 0 Å². The van der Waals surface area contributed by atoms with Crippen LogP contribution in [0.3, 0.4) is 0 Å². The first kappa shape index (κ1) is 24.7. The first-order chi connectivity index (χ1) is 17.4. The highest BCUT2D eigenvalue weighted by atomic mass is 16.5. The summed E-state index contributed by atoms with van der Waals surface area (Å²) in [6, 6.07) is 14.1. The van der Waals surface area contributed by atoms with E-state index < -0.39 is 6.04 Å². The number of rotatable bonds is 7. The van der Waals surface area contributed by atoms with Crippen molar-refractivity contribution in [1.82, 2.24) is 14.7 Å². The highest BCUT2D eigenvalue weighted by molar-refractivity contribution is 6.07. The van der Waals surface area contributed by atoms with Gasteiger partial charge in [0.2, 0.25) is 0 Å². The Hall–Kier alpha value is -3.03. The maximum atomic E-state index is 13.0. The molecular weight excluding hydrogens is 454 g/mol. The second kappa shape index (κ2) is 10.5. The van der Waals surface area contributed by atoms with Gasteiger partial charge in [0.15, 0.2) is 5.78 Å². The molecule has 2 aromatic carbocycles. The smallest absolute Gasteiger partial charge is 0.255 e. The molecule has 7 heteroatoms. The molecule has 2 aromatic rings. The third-order valence-corrected chi connectivity index (χ3v) is 7.73. The largest absolute Gasteiger partial charge is 0.489 e. The van der Waals surface area contributed by atoms with Crippen LogP contribution in [0.1, 0.15) is 60.2 Å². The highest BCUT2D eigenvalue weighted by Crippen LogP contribution is 2.34. The van der Waals surface area contributed by atoms with Crippen LogP contribution in [0.15, 0.2) is 42.5 Å². The van der Waals surface area contributed by atoms with Crippen molar-refractivity contribution in [2.45, 2.75) is 64.9 Å². The molecule has 1 amide bonds. The molecule has 2 aliphatic heterocycles. The lowest BCUT2D eigenvalue weighted by Crippen LogP contribution is -2.48. The van der Waals surface area contributed by atoms with Crippen molar-refractivity contribution >= 4 is 17.5 Å². The second-order valence-corrected chi connectivity index (χ2v) is 10.5. The summed E-state index contributed by atoms with van der Waals surface area (Å²) >= 11 is 0. The number of benzene rings is 2. The fourth-order valence-electron chi connectivity index (χ4n) is 5.50. The fraction of sp³-hybridized carbons (Fsp3) is 0.483. The molecule has 7 nitrogen and oxygen atoms in total. The predicted molar refractivity (Wildman–Crippen MR) is 137 cm³/mol. The fourth-order valence-corrected chi connectivity index (χ4v) is 5.50. The molecule has 2 heterocycles. The number of hydrogen-bond acceptors (Lipinski definition) is 6. The number of carbonyl (C=O) groups excluding carboxylic acids is 3. The molecule has 0 bridgehead atoms. The van der Waals surface area contributed by atoms with E-state index in [1.165, 1.54) is 5.56 Å². The van der Waals surface area contributed by atoms with Crippen LogP contribution in [-0.4, -0.2) is 70.4 Å². The Balaban J connectivity index is 1.18.